The first-order chi connectivity index (χ1) is 14.7. The van der Waals surface area contributed by atoms with Crippen LogP contribution in [-0.4, -0.2) is 44.3 Å². The van der Waals surface area contributed by atoms with Gasteiger partial charge >= 0.3 is 0 Å². The minimum absolute atomic E-state index is 0.227. The lowest BCUT2D eigenvalue weighted by molar-refractivity contribution is 0.0988. The second-order valence-corrected chi connectivity index (χ2v) is 8.78. The summed E-state index contributed by atoms with van der Waals surface area (Å²) in [5, 5.41) is 9.69. The highest BCUT2D eigenvalue weighted by Crippen LogP contribution is 2.24. The van der Waals surface area contributed by atoms with E-state index < -0.39 is 0 Å². The highest BCUT2D eigenvalue weighted by Gasteiger charge is 2.18. The number of fused-ring (bicyclic) bond motifs is 1. The Morgan fingerprint density at radius 3 is 2.73 bits per heavy atom. The van der Waals surface area contributed by atoms with E-state index >= 15 is 0 Å². The molecule has 4 rings (SSSR count). The molecule has 1 aromatic heterocycles. The van der Waals surface area contributed by atoms with Gasteiger partial charge in [-0.15, -0.1) is 10.2 Å². The monoisotopic (exact) mass is 420 g/mol. The van der Waals surface area contributed by atoms with Gasteiger partial charge in [0.05, 0.1) is 0 Å². The molecule has 0 saturated carbocycles. The zero-order valence-corrected chi connectivity index (χ0v) is 18.5. The maximum atomic E-state index is 12.0. The quantitative estimate of drug-likeness (QED) is 0.302. The molecule has 0 fully saturated rings. The molecule has 0 unspecified atom stereocenters. The van der Waals surface area contributed by atoms with Crippen LogP contribution in [0.1, 0.15) is 41.3 Å². The molecule has 3 aromatic rings. The van der Waals surface area contributed by atoms with Crippen LogP contribution in [0.15, 0.2) is 53.7 Å². The maximum absolute atomic E-state index is 12.0. The number of carbonyl (C=O) groups is 1. The zero-order valence-electron chi connectivity index (χ0n) is 17.7. The minimum atomic E-state index is 0.227. The van der Waals surface area contributed by atoms with Crippen molar-refractivity contribution in [1.29, 1.82) is 0 Å². The summed E-state index contributed by atoms with van der Waals surface area (Å²) in [6.07, 6.45) is 2.72. The van der Waals surface area contributed by atoms with Crippen LogP contribution < -0.4 is 0 Å². The number of Topliss-reactive ketones (excluding diaryl/α,β-unsaturated/α-hetero) is 1. The van der Waals surface area contributed by atoms with Crippen molar-refractivity contribution in [3.63, 3.8) is 0 Å². The number of hydrogen-bond acceptors (Lipinski definition) is 5. The molecule has 6 heteroatoms. The Morgan fingerprint density at radius 1 is 1.10 bits per heavy atom. The largest absolute Gasteiger partial charge is 0.305 e. The first-order valence-electron chi connectivity index (χ1n) is 10.6. The summed E-state index contributed by atoms with van der Waals surface area (Å²) in [4.78, 5) is 14.5. The normalized spacial score (nSPS) is 13.9. The Hall–Kier alpha value is -2.44. The molecule has 0 spiro atoms. The molecule has 156 valence electrons. The Labute approximate surface area is 182 Å². The lowest BCUT2D eigenvalue weighted by Crippen LogP contribution is -2.31. The number of carbonyl (C=O) groups excluding carboxylic acids is 1. The standard InChI is InChI=1S/C24H28N4OS/c1-3-22(29)20-11-10-18-12-14-28(17-21(18)16-20)13-7-15-30-24-26-25-23(27(24)2)19-8-5-4-6-9-19/h4-6,8-11,16H,3,7,12-15,17H2,1-2H3. The zero-order chi connectivity index (χ0) is 20.9. The van der Waals surface area contributed by atoms with Gasteiger partial charge in [0, 0.05) is 43.4 Å². The van der Waals surface area contributed by atoms with Crippen LogP contribution in [-0.2, 0) is 20.0 Å². The van der Waals surface area contributed by atoms with E-state index in [9.17, 15) is 4.79 Å². The van der Waals surface area contributed by atoms with Crippen LogP contribution in [0.4, 0.5) is 0 Å². The molecule has 2 heterocycles. The molecule has 5 nitrogen and oxygen atoms in total. The first-order valence-corrected chi connectivity index (χ1v) is 11.6. The smallest absolute Gasteiger partial charge is 0.191 e. The molecule has 0 aliphatic carbocycles. The highest BCUT2D eigenvalue weighted by molar-refractivity contribution is 7.99. The molecule has 30 heavy (non-hydrogen) atoms. The Kier molecular flexibility index (Phi) is 6.65. The second kappa shape index (κ2) is 9.58. The average Bonchev–Trinajstić information content (AvgIpc) is 3.16. The fraction of sp³-hybridized carbons (Fsp3) is 0.375. The van der Waals surface area contributed by atoms with E-state index in [1.165, 1.54) is 11.1 Å². The third kappa shape index (κ3) is 4.65. The van der Waals surface area contributed by atoms with Gasteiger partial charge in [-0.1, -0.05) is 61.2 Å². The molecular weight excluding hydrogens is 392 g/mol. The van der Waals surface area contributed by atoms with Gasteiger partial charge in [0.1, 0.15) is 0 Å². The number of benzene rings is 2. The fourth-order valence-electron chi connectivity index (χ4n) is 3.91. The molecule has 0 atom stereocenters. The van der Waals surface area contributed by atoms with Gasteiger partial charge in [-0.3, -0.25) is 9.69 Å². The summed E-state index contributed by atoms with van der Waals surface area (Å²) >= 11 is 1.76. The molecule has 0 amide bonds. The van der Waals surface area contributed by atoms with Gasteiger partial charge in [-0.2, -0.15) is 0 Å². The Bertz CT molecular complexity index is 1020. The third-order valence-electron chi connectivity index (χ3n) is 5.66. The van der Waals surface area contributed by atoms with Gasteiger partial charge in [-0.25, -0.2) is 0 Å². The lowest BCUT2D eigenvalue weighted by atomic mass is 9.95. The molecule has 0 saturated heterocycles. The summed E-state index contributed by atoms with van der Waals surface area (Å²) in [7, 11) is 2.03. The van der Waals surface area contributed by atoms with Crippen molar-refractivity contribution in [2.24, 2.45) is 7.05 Å². The maximum Gasteiger partial charge on any atom is 0.191 e. The number of nitrogens with zero attached hydrogens (tertiary/aromatic N) is 4. The number of hydrogen-bond donors (Lipinski definition) is 0. The number of ketones is 1. The molecule has 1 aliphatic heterocycles. The SMILES string of the molecule is CCC(=O)c1ccc2c(c1)CN(CCCSc1nnc(-c3ccccc3)n1C)CC2. The minimum Gasteiger partial charge on any atom is -0.305 e. The second-order valence-electron chi connectivity index (χ2n) is 7.72. The topological polar surface area (TPSA) is 51.0 Å². The third-order valence-corrected chi connectivity index (χ3v) is 6.76. The number of thioether (sulfide) groups is 1. The van der Waals surface area contributed by atoms with Crippen molar-refractivity contribution in [3.8, 4) is 11.4 Å². The molecule has 0 radical (unpaired) electrons. The van der Waals surface area contributed by atoms with Gasteiger partial charge in [0.15, 0.2) is 16.8 Å². The van der Waals surface area contributed by atoms with Gasteiger partial charge in [-0.05, 0) is 36.6 Å². The summed E-state index contributed by atoms with van der Waals surface area (Å²) < 4.78 is 2.07. The van der Waals surface area contributed by atoms with Crippen LogP contribution >= 0.6 is 11.8 Å². The van der Waals surface area contributed by atoms with Crippen molar-refractivity contribution >= 4 is 17.5 Å². The first kappa shape index (κ1) is 20.8. The van der Waals surface area contributed by atoms with Crippen molar-refractivity contribution in [1.82, 2.24) is 19.7 Å². The molecule has 2 aromatic carbocycles. The van der Waals surface area contributed by atoms with E-state index in [0.29, 0.717) is 6.42 Å². The summed E-state index contributed by atoms with van der Waals surface area (Å²) in [6.45, 7) is 5.00. The van der Waals surface area contributed by atoms with E-state index in [4.69, 9.17) is 0 Å². The predicted molar refractivity (Wildman–Crippen MR) is 122 cm³/mol. The van der Waals surface area contributed by atoms with Crippen LogP contribution in [0.2, 0.25) is 0 Å². The van der Waals surface area contributed by atoms with Crippen molar-refractivity contribution in [2.75, 3.05) is 18.8 Å². The van der Waals surface area contributed by atoms with E-state index in [1.807, 2.05) is 38.2 Å². The van der Waals surface area contributed by atoms with Crippen molar-refractivity contribution < 1.29 is 4.79 Å². The molecule has 1 aliphatic rings. The van der Waals surface area contributed by atoms with E-state index in [2.05, 4.69) is 43.9 Å². The Morgan fingerprint density at radius 2 is 1.93 bits per heavy atom. The van der Waals surface area contributed by atoms with Crippen LogP contribution in [0.5, 0.6) is 0 Å². The number of aromatic nitrogens is 3. The van der Waals surface area contributed by atoms with Crippen molar-refractivity contribution in [2.45, 2.75) is 37.9 Å². The van der Waals surface area contributed by atoms with Crippen LogP contribution in [0.3, 0.4) is 0 Å². The van der Waals surface area contributed by atoms with E-state index in [0.717, 1.165) is 60.3 Å². The van der Waals surface area contributed by atoms with Crippen LogP contribution in [0, 0.1) is 0 Å². The summed E-state index contributed by atoms with van der Waals surface area (Å²) in [5.74, 6) is 2.14. The fourth-order valence-corrected chi connectivity index (χ4v) is 4.75. The molecular formula is C24H28N4OS. The van der Waals surface area contributed by atoms with Gasteiger partial charge in [0.2, 0.25) is 0 Å². The predicted octanol–water partition coefficient (Wildman–Crippen LogP) is 4.62. The average molecular weight is 421 g/mol. The van der Waals surface area contributed by atoms with E-state index in [-0.39, 0.29) is 5.78 Å². The molecule has 0 N–H and O–H groups in total. The summed E-state index contributed by atoms with van der Waals surface area (Å²) in [6, 6.07) is 16.4. The van der Waals surface area contributed by atoms with Gasteiger partial charge < -0.3 is 4.57 Å². The van der Waals surface area contributed by atoms with Gasteiger partial charge in [0.25, 0.3) is 0 Å². The van der Waals surface area contributed by atoms with E-state index in [1.54, 1.807) is 11.8 Å². The van der Waals surface area contributed by atoms with Crippen LogP contribution in [0.25, 0.3) is 11.4 Å². The lowest BCUT2D eigenvalue weighted by Gasteiger charge is -2.29. The van der Waals surface area contributed by atoms with Crippen molar-refractivity contribution in [3.05, 3.63) is 65.2 Å². The molecule has 0 bridgehead atoms. The number of rotatable bonds is 8. The highest BCUT2D eigenvalue weighted by atomic mass is 32.2. The Balaban J connectivity index is 1.29. The summed E-state index contributed by atoms with van der Waals surface area (Å²) in [5.41, 5.74) is 4.65.